The Morgan fingerprint density at radius 1 is 1.33 bits per heavy atom. The summed E-state index contributed by atoms with van der Waals surface area (Å²) in [6.07, 6.45) is 7.00. The highest BCUT2D eigenvalue weighted by molar-refractivity contribution is 7.90. The minimum absolute atomic E-state index is 0.175. The predicted molar refractivity (Wildman–Crippen MR) is 98.4 cm³/mol. The van der Waals surface area contributed by atoms with Gasteiger partial charge >= 0.3 is 0 Å². The number of aromatic nitrogens is 3. The van der Waals surface area contributed by atoms with Crippen LogP contribution in [0.3, 0.4) is 0 Å². The maximum absolute atomic E-state index is 12.5. The molecule has 0 atom stereocenters. The van der Waals surface area contributed by atoms with Gasteiger partial charge in [0.25, 0.3) is 5.89 Å². The molecular formula is C18H24N4O4S. The molecule has 146 valence electrons. The average molecular weight is 392 g/mol. The van der Waals surface area contributed by atoms with E-state index in [2.05, 4.69) is 15.1 Å². The number of hydrogen-bond acceptors (Lipinski definition) is 7. The molecule has 0 radical (unpaired) electrons. The molecule has 2 fully saturated rings. The van der Waals surface area contributed by atoms with E-state index < -0.39 is 10.0 Å². The van der Waals surface area contributed by atoms with E-state index in [1.54, 1.807) is 23.8 Å². The first kappa shape index (κ1) is 18.5. The fourth-order valence-corrected chi connectivity index (χ4v) is 5.52. The fourth-order valence-electron chi connectivity index (χ4n) is 3.67. The molecule has 1 aliphatic carbocycles. The van der Waals surface area contributed by atoms with E-state index in [9.17, 15) is 8.42 Å². The summed E-state index contributed by atoms with van der Waals surface area (Å²) in [5.41, 5.74) is 0.433. The number of methoxy groups -OCH3 is 1. The van der Waals surface area contributed by atoms with Gasteiger partial charge in [0.05, 0.1) is 10.8 Å². The molecule has 2 aromatic rings. The van der Waals surface area contributed by atoms with Crippen LogP contribution >= 0.6 is 0 Å². The van der Waals surface area contributed by atoms with Gasteiger partial charge in [0, 0.05) is 44.6 Å². The third-order valence-electron chi connectivity index (χ3n) is 5.58. The second-order valence-corrected chi connectivity index (χ2v) is 9.54. The molecule has 4 rings (SSSR count). The Hall–Kier alpha value is -1.84. The van der Waals surface area contributed by atoms with Crippen LogP contribution in [0, 0.1) is 0 Å². The van der Waals surface area contributed by atoms with Crippen LogP contribution in [0.2, 0.25) is 0 Å². The van der Waals surface area contributed by atoms with Crippen molar-refractivity contribution in [2.75, 3.05) is 26.8 Å². The molecule has 0 unspecified atom stereocenters. The van der Waals surface area contributed by atoms with Gasteiger partial charge in [-0.2, -0.15) is 4.98 Å². The highest BCUT2D eigenvalue weighted by Gasteiger charge is 2.46. The molecule has 0 amide bonds. The number of pyridine rings is 1. The topological polar surface area (TPSA) is 98.4 Å². The summed E-state index contributed by atoms with van der Waals surface area (Å²) in [6, 6.07) is 3.69. The molecule has 0 aromatic carbocycles. The van der Waals surface area contributed by atoms with Gasteiger partial charge in [-0.25, -0.2) is 12.7 Å². The van der Waals surface area contributed by atoms with Crippen molar-refractivity contribution in [1.82, 2.24) is 19.4 Å². The highest BCUT2D eigenvalue weighted by atomic mass is 32.2. The third kappa shape index (κ3) is 3.63. The molecule has 3 heterocycles. The first-order valence-corrected chi connectivity index (χ1v) is 10.8. The van der Waals surface area contributed by atoms with Gasteiger partial charge in [-0.3, -0.25) is 4.98 Å². The monoisotopic (exact) mass is 392 g/mol. The van der Waals surface area contributed by atoms with Gasteiger partial charge in [0.1, 0.15) is 0 Å². The Morgan fingerprint density at radius 2 is 2.11 bits per heavy atom. The van der Waals surface area contributed by atoms with Crippen molar-refractivity contribution < 1.29 is 17.7 Å². The van der Waals surface area contributed by atoms with E-state index in [-0.39, 0.29) is 10.7 Å². The number of rotatable bonds is 7. The van der Waals surface area contributed by atoms with Crippen molar-refractivity contribution in [2.24, 2.45) is 0 Å². The molecule has 27 heavy (non-hydrogen) atoms. The standard InChI is InChI=1S/C18H24N4O4S/c1-25-12-8-18(6-10-22(11-7-18)27(23,24)15-4-5-15)17-20-16(26-21-17)14-3-2-9-19-13-14/h2-3,9,13,15H,4-8,10-12H2,1H3. The Morgan fingerprint density at radius 3 is 2.74 bits per heavy atom. The van der Waals surface area contributed by atoms with Gasteiger partial charge in [-0.1, -0.05) is 5.16 Å². The Balaban J connectivity index is 1.56. The van der Waals surface area contributed by atoms with Crippen LogP contribution in [0.15, 0.2) is 29.0 Å². The summed E-state index contributed by atoms with van der Waals surface area (Å²) in [6.45, 7) is 1.53. The van der Waals surface area contributed by atoms with Crippen LogP contribution in [0.25, 0.3) is 11.5 Å². The van der Waals surface area contributed by atoms with E-state index in [0.29, 0.717) is 44.3 Å². The number of piperidine rings is 1. The second kappa shape index (κ2) is 7.29. The zero-order valence-electron chi connectivity index (χ0n) is 15.4. The predicted octanol–water partition coefficient (Wildman–Crippen LogP) is 1.99. The van der Waals surface area contributed by atoms with E-state index in [0.717, 1.165) is 24.8 Å². The molecule has 1 aliphatic heterocycles. The Kier molecular flexibility index (Phi) is 5.00. The van der Waals surface area contributed by atoms with Gasteiger partial charge < -0.3 is 9.26 Å². The number of sulfonamides is 1. The molecule has 8 nitrogen and oxygen atoms in total. The summed E-state index contributed by atoms with van der Waals surface area (Å²) in [5, 5.41) is 4.06. The first-order valence-electron chi connectivity index (χ1n) is 9.28. The Labute approximate surface area is 159 Å². The van der Waals surface area contributed by atoms with E-state index >= 15 is 0 Å². The lowest BCUT2D eigenvalue weighted by Gasteiger charge is -2.39. The molecule has 0 bridgehead atoms. The SMILES string of the molecule is COCCC1(c2noc(-c3cccnc3)n2)CCN(S(=O)(=O)C2CC2)CC1. The van der Waals surface area contributed by atoms with E-state index in [1.165, 1.54) is 0 Å². The van der Waals surface area contributed by atoms with Gasteiger partial charge in [0.2, 0.25) is 10.0 Å². The largest absolute Gasteiger partial charge is 0.385 e. The van der Waals surface area contributed by atoms with Crippen molar-refractivity contribution in [1.29, 1.82) is 0 Å². The Bertz CT molecular complexity index is 872. The maximum Gasteiger partial charge on any atom is 0.259 e. The molecule has 1 saturated heterocycles. The average Bonchev–Trinajstić information content (AvgIpc) is 3.45. The zero-order valence-corrected chi connectivity index (χ0v) is 16.2. The van der Waals surface area contributed by atoms with Crippen LogP contribution in [0.1, 0.15) is 37.9 Å². The number of nitrogens with zero attached hydrogens (tertiary/aromatic N) is 4. The van der Waals surface area contributed by atoms with Crippen LogP contribution in [-0.2, 0) is 20.2 Å². The highest BCUT2D eigenvalue weighted by Crippen LogP contribution is 2.40. The van der Waals surface area contributed by atoms with Crippen LogP contribution in [0.4, 0.5) is 0 Å². The van der Waals surface area contributed by atoms with Crippen molar-refractivity contribution in [3.05, 3.63) is 30.4 Å². The molecule has 1 saturated carbocycles. The van der Waals surface area contributed by atoms with Crippen LogP contribution < -0.4 is 0 Å². The van der Waals surface area contributed by atoms with Crippen molar-refractivity contribution >= 4 is 10.0 Å². The van der Waals surface area contributed by atoms with Gasteiger partial charge in [0.15, 0.2) is 5.82 Å². The molecule has 0 spiro atoms. The minimum atomic E-state index is -3.15. The first-order chi connectivity index (χ1) is 13.0. The van der Waals surface area contributed by atoms with Crippen molar-refractivity contribution in [3.8, 4) is 11.5 Å². The summed E-state index contributed by atoms with van der Waals surface area (Å²) in [7, 11) is -1.49. The summed E-state index contributed by atoms with van der Waals surface area (Å²) >= 11 is 0. The normalized spacial score (nSPS) is 20.6. The molecular weight excluding hydrogens is 368 g/mol. The van der Waals surface area contributed by atoms with Gasteiger partial charge in [-0.05, 0) is 44.2 Å². The van der Waals surface area contributed by atoms with E-state index in [4.69, 9.17) is 9.26 Å². The summed E-state index contributed by atoms with van der Waals surface area (Å²) < 4.78 is 37.5. The molecule has 0 N–H and O–H groups in total. The lowest BCUT2D eigenvalue weighted by atomic mass is 9.75. The lowest BCUT2D eigenvalue weighted by molar-refractivity contribution is 0.131. The molecule has 9 heteroatoms. The smallest absolute Gasteiger partial charge is 0.259 e. The molecule has 2 aromatic heterocycles. The van der Waals surface area contributed by atoms with Crippen molar-refractivity contribution in [2.45, 2.75) is 42.8 Å². The lowest BCUT2D eigenvalue weighted by Crippen LogP contribution is -2.47. The number of ether oxygens (including phenoxy) is 1. The van der Waals surface area contributed by atoms with Crippen molar-refractivity contribution in [3.63, 3.8) is 0 Å². The number of hydrogen-bond donors (Lipinski definition) is 0. The second-order valence-electron chi connectivity index (χ2n) is 7.33. The third-order valence-corrected chi connectivity index (χ3v) is 7.98. The quantitative estimate of drug-likeness (QED) is 0.710. The van der Waals surface area contributed by atoms with Gasteiger partial charge in [-0.15, -0.1) is 0 Å². The van der Waals surface area contributed by atoms with E-state index in [1.807, 2.05) is 12.1 Å². The fraction of sp³-hybridized carbons (Fsp3) is 0.611. The molecule has 2 aliphatic rings. The van der Waals surface area contributed by atoms with Crippen LogP contribution in [-0.4, -0.2) is 59.9 Å². The zero-order chi connectivity index (χ0) is 18.9. The van der Waals surface area contributed by atoms with Crippen LogP contribution in [0.5, 0.6) is 0 Å². The maximum atomic E-state index is 12.5. The summed E-state index contributed by atoms with van der Waals surface area (Å²) in [4.78, 5) is 8.71. The summed E-state index contributed by atoms with van der Waals surface area (Å²) in [5.74, 6) is 1.06. The minimum Gasteiger partial charge on any atom is -0.385 e.